The number of esters is 1. The third kappa shape index (κ3) is 2.99. The van der Waals surface area contributed by atoms with Crippen molar-refractivity contribution in [2.45, 2.75) is 20.5 Å². The first-order valence-electron chi connectivity index (χ1n) is 7.45. The van der Waals surface area contributed by atoms with Crippen LogP contribution in [0.2, 0.25) is 0 Å². The summed E-state index contributed by atoms with van der Waals surface area (Å²) in [4.78, 5) is 25.6. The highest BCUT2D eigenvalue weighted by Gasteiger charge is 2.12. The zero-order valence-corrected chi connectivity index (χ0v) is 13.3. The molecule has 3 rings (SSSR count). The molecule has 6 nitrogen and oxygen atoms in total. The lowest BCUT2D eigenvalue weighted by molar-refractivity contribution is -0.384. The lowest BCUT2D eigenvalue weighted by atomic mass is 10.1. The number of aromatic nitrogens is 1. The van der Waals surface area contributed by atoms with Crippen LogP contribution in [0.5, 0.6) is 0 Å². The number of nitro groups is 1. The number of carbonyl (C=O) groups excluding carboxylic acids is 1. The van der Waals surface area contributed by atoms with Gasteiger partial charge in [0.05, 0.1) is 10.5 Å². The number of rotatable bonds is 4. The van der Waals surface area contributed by atoms with Crippen LogP contribution in [-0.2, 0) is 11.3 Å². The number of fused-ring (bicyclic) bond motifs is 1. The Bertz CT molecular complexity index is 926. The minimum atomic E-state index is -0.466. The molecule has 0 saturated heterocycles. The molecule has 1 N–H and O–H groups in total. The van der Waals surface area contributed by atoms with E-state index in [1.54, 1.807) is 18.2 Å². The maximum atomic E-state index is 12.2. The standard InChI is InChI=1S/C18H16N2O4/c1-11-12(2)19-17-8-5-14(9-16(11)17)18(21)24-10-13-3-6-15(7-4-13)20(22)23/h3-9,19H,10H2,1-2H3. The minimum absolute atomic E-state index is 0.00818. The molecule has 0 radical (unpaired) electrons. The molecule has 0 saturated carbocycles. The highest BCUT2D eigenvalue weighted by Crippen LogP contribution is 2.23. The molecule has 24 heavy (non-hydrogen) atoms. The molecule has 0 aliphatic heterocycles. The molecule has 3 aromatic rings. The zero-order valence-electron chi connectivity index (χ0n) is 13.3. The smallest absolute Gasteiger partial charge is 0.338 e. The summed E-state index contributed by atoms with van der Waals surface area (Å²) in [6.07, 6.45) is 0. The molecule has 1 aromatic heterocycles. The van der Waals surface area contributed by atoms with Crippen molar-refractivity contribution in [3.05, 3.63) is 75.0 Å². The van der Waals surface area contributed by atoms with Gasteiger partial charge < -0.3 is 9.72 Å². The van der Waals surface area contributed by atoms with Gasteiger partial charge in [0.1, 0.15) is 6.61 Å². The van der Waals surface area contributed by atoms with Crippen LogP contribution in [0.15, 0.2) is 42.5 Å². The Balaban J connectivity index is 1.72. The summed E-state index contributed by atoms with van der Waals surface area (Å²) >= 11 is 0. The first kappa shape index (κ1) is 15.7. The molecule has 1 heterocycles. The lowest BCUT2D eigenvalue weighted by Crippen LogP contribution is -2.05. The number of nitrogens with zero attached hydrogens (tertiary/aromatic N) is 1. The van der Waals surface area contributed by atoms with Gasteiger partial charge >= 0.3 is 5.97 Å². The summed E-state index contributed by atoms with van der Waals surface area (Å²) in [6.45, 7) is 4.06. The van der Waals surface area contributed by atoms with Gasteiger partial charge in [-0.05, 0) is 55.3 Å². The van der Waals surface area contributed by atoms with Gasteiger partial charge in [0, 0.05) is 28.7 Å². The summed E-state index contributed by atoms with van der Waals surface area (Å²) in [6, 6.07) is 11.3. The van der Waals surface area contributed by atoms with Crippen molar-refractivity contribution in [3.8, 4) is 0 Å². The number of hydrogen-bond acceptors (Lipinski definition) is 4. The maximum absolute atomic E-state index is 12.2. The van der Waals surface area contributed by atoms with E-state index in [1.807, 2.05) is 26.0 Å². The molecule has 0 aliphatic rings. The third-order valence-corrected chi connectivity index (χ3v) is 4.06. The third-order valence-electron chi connectivity index (χ3n) is 4.06. The van der Waals surface area contributed by atoms with Crippen LogP contribution in [0.1, 0.15) is 27.2 Å². The molecule has 0 amide bonds. The number of non-ortho nitro benzene ring substituents is 1. The van der Waals surface area contributed by atoms with Crippen LogP contribution in [0.3, 0.4) is 0 Å². The molecule has 0 bridgehead atoms. The number of aromatic amines is 1. The van der Waals surface area contributed by atoms with Crippen molar-refractivity contribution in [2.24, 2.45) is 0 Å². The fraction of sp³-hybridized carbons (Fsp3) is 0.167. The SMILES string of the molecule is Cc1[nH]c2ccc(C(=O)OCc3ccc([N+](=O)[O-])cc3)cc2c1C. The average molecular weight is 324 g/mol. The largest absolute Gasteiger partial charge is 0.457 e. The summed E-state index contributed by atoms with van der Waals surface area (Å²) in [5.74, 6) is -0.423. The normalized spacial score (nSPS) is 10.8. The molecule has 2 aromatic carbocycles. The molecule has 0 atom stereocenters. The molecule has 0 unspecified atom stereocenters. The summed E-state index contributed by atoms with van der Waals surface area (Å²) < 4.78 is 5.29. The van der Waals surface area contributed by atoms with Crippen LogP contribution >= 0.6 is 0 Å². The Morgan fingerprint density at radius 2 is 1.88 bits per heavy atom. The number of benzene rings is 2. The number of aryl methyl sites for hydroxylation is 2. The van der Waals surface area contributed by atoms with Crippen molar-refractivity contribution in [1.82, 2.24) is 4.98 Å². The molecule has 0 fully saturated rings. The number of nitro benzene ring substituents is 1. The maximum Gasteiger partial charge on any atom is 0.338 e. The molecular weight excluding hydrogens is 308 g/mol. The number of ether oxygens (including phenoxy) is 1. The van der Waals surface area contributed by atoms with Gasteiger partial charge in [-0.25, -0.2) is 4.79 Å². The van der Waals surface area contributed by atoms with Crippen molar-refractivity contribution in [2.75, 3.05) is 0 Å². The first-order valence-corrected chi connectivity index (χ1v) is 7.45. The van der Waals surface area contributed by atoms with Crippen LogP contribution in [0.25, 0.3) is 10.9 Å². The van der Waals surface area contributed by atoms with Gasteiger partial charge in [0.25, 0.3) is 5.69 Å². The second kappa shape index (κ2) is 6.16. The van der Waals surface area contributed by atoms with E-state index in [0.717, 1.165) is 22.2 Å². The van der Waals surface area contributed by atoms with Gasteiger partial charge in [0.2, 0.25) is 0 Å². The average Bonchev–Trinajstić information content (AvgIpc) is 2.87. The summed E-state index contributed by atoms with van der Waals surface area (Å²) in [5, 5.41) is 11.6. The monoisotopic (exact) mass is 324 g/mol. The Hall–Kier alpha value is -3.15. The van der Waals surface area contributed by atoms with Crippen LogP contribution in [-0.4, -0.2) is 15.9 Å². The van der Waals surface area contributed by atoms with Gasteiger partial charge in [0.15, 0.2) is 0 Å². The quantitative estimate of drug-likeness (QED) is 0.446. The fourth-order valence-corrected chi connectivity index (χ4v) is 2.53. The Morgan fingerprint density at radius 1 is 1.17 bits per heavy atom. The second-order valence-electron chi connectivity index (χ2n) is 5.64. The van der Waals surface area contributed by atoms with Crippen molar-refractivity contribution >= 4 is 22.6 Å². The van der Waals surface area contributed by atoms with Gasteiger partial charge in [-0.3, -0.25) is 10.1 Å². The molecule has 122 valence electrons. The minimum Gasteiger partial charge on any atom is -0.457 e. The van der Waals surface area contributed by atoms with Crippen molar-refractivity contribution < 1.29 is 14.5 Å². The lowest BCUT2D eigenvalue weighted by Gasteiger charge is -2.05. The Labute approximate surface area is 138 Å². The van der Waals surface area contributed by atoms with E-state index >= 15 is 0 Å². The van der Waals surface area contributed by atoms with Crippen LogP contribution < -0.4 is 0 Å². The first-order chi connectivity index (χ1) is 11.5. The second-order valence-corrected chi connectivity index (χ2v) is 5.64. The van der Waals surface area contributed by atoms with E-state index in [9.17, 15) is 14.9 Å². The number of nitrogens with one attached hydrogen (secondary N) is 1. The number of H-pyrrole nitrogens is 1. The van der Waals surface area contributed by atoms with E-state index in [2.05, 4.69) is 4.98 Å². The van der Waals surface area contributed by atoms with E-state index in [-0.39, 0.29) is 12.3 Å². The van der Waals surface area contributed by atoms with Crippen molar-refractivity contribution in [3.63, 3.8) is 0 Å². The predicted octanol–water partition coefficient (Wildman–Crippen LogP) is 4.05. The molecule has 0 aliphatic carbocycles. The topological polar surface area (TPSA) is 85.2 Å². The number of carbonyl (C=O) groups is 1. The molecule has 0 spiro atoms. The summed E-state index contributed by atoms with van der Waals surface area (Å²) in [7, 11) is 0. The summed E-state index contributed by atoms with van der Waals surface area (Å²) in [5.41, 5.74) is 4.34. The van der Waals surface area contributed by atoms with Gasteiger partial charge in [-0.1, -0.05) is 0 Å². The van der Waals surface area contributed by atoms with Crippen LogP contribution in [0.4, 0.5) is 5.69 Å². The predicted molar refractivity (Wildman–Crippen MR) is 90.0 cm³/mol. The van der Waals surface area contributed by atoms with Crippen molar-refractivity contribution in [1.29, 1.82) is 0 Å². The van der Waals surface area contributed by atoms with E-state index in [1.165, 1.54) is 12.1 Å². The Morgan fingerprint density at radius 3 is 2.54 bits per heavy atom. The van der Waals surface area contributed by atoms with Gasteiger partial charge in [-0.15, -0.1) is 0 Å². The Kier molecular flexibility index (Phi) is 4.04. The van der Waals surface area contributed by atoms with E-state index < -0.39 is 10.9 Å². The zero-order chi connectivity index (χ0) is 17.3. The highest BCUT2D eigenvalue weighted by molar-refractivity contribution is 5.96. The van der Waals surface area contributed by atoms with E-state index in [4.69, 9.17) is 4.74 Å². The van der Waals surface area contributed by atoms with Crippen LogP contribution in [0, 0.1) is 24.0 Å². The highest BCUT2D eigenvalue weighted by atomic mass is 16.6. The number of hydrogen-bond donors (Lipinski definition) is 1. The molecule has 6 heteroatoms. The van der Waals surface area contributed by atoms with E-state index in [0.29, 0.717) is 11.1 Å². The molecular formula is C18H16N2O4. The fourth-order valence-electron chi connectivity index (χ4n) is 2.53. The van der Waals surface area contributed by atoms with Gasteiger partial charge in [-0.2, -0.15) is 0 Å².